The Labute approximate surface area is 131 Å². The Morgan fingerprint density at radius 1 is 1.36 bits per heavy atom. The first kappa shape index (κ1) is 14.8. The quantitative estimate of drug-likeness (QED) is 0.649. The summed E-state index contributed by atoms with van der Waals surface area (Å²) in [5.74, 6) is 1.56. The van der Waals surface area contributed by atoms with Gasteiger partial charge in [0.05, 0.1) is 11.4 Å². The third kappa shape index (κ3) is 3.36. The highest BCUT2D eigenvalue weighted by molar-refractivity contribution is 7.98. The predicted octanol–water partition coefficient (Wildman–Crippen LogP) is 3.64. The molecule has 2 heterocycles. The molecule has 0 radical (unpaired) electrons. The Kier molecular flexibility index (Phi) is 4.53. The summed E-state index contributed by atoms with van der Waals surface area (Å²) in [6, 6.07) is 6.40. The van der Waals surface area contributed by atoms with E-state index in [1.807, 2.05) is 10.6 Å². The van der Waals surface area contributed by atoms with Gasteiger partial charge in [-0.25, -0.2) is 9.37 Å². The number of aromatic nitrogens is 4. The molecule has 7 heteroatoms. The summed E-state index contributed by atoms with van der Waals surface area (Å²) in [5, 5.41) is 4.67. The Morgan fingerprint density at radius 2 is 2.27 bits per heavy atom. The lowest BCUT2D eigenvalue weighted by Gasteiger charge is -2.06. The Balaban J connectivity index is 1.72. The molecule has 0 saturated carbocycles. The summed E-state index contributed by atoms with van der Waals surface area (Å²) < 4.78 is 20.4. The molecule has 0 aliphatic carbocycles. The molecule has 114 valence electrons. The maximum atomic E-state index is 13.3. The van der Waals surface area contributed by atoms with Crippen molar-refractivity contribution >= 4 is 11.8 Å². The first-order valence-electron chi connectivity index (χ1n) is 7.00. The largest absolute Gasteiger partial charge is 0.338 e. The maximum Gasteiger partial charge on any atom is 0.237 e. The molecule has 3 rings (SSSR count). The third-order valence-corrected chi connectivity index (χ3v) is 3.95. The number of rotatable bonds is 6. The van der Waals surface area contributed by atoms with Crippen LogP contribution in [0.1, 0.15) is 25.1 Å². The fourth-order valence-electron chi connectivity index (χ4n) is 2.02. The molecule has 5 nitrogen and oxygen atoms in total. The molecule has 0 fully saturated rings. The van der Waals surface area contributed by atoms with Gasteiger partial charge in [-0.05, 0) is 24.6 Å². The zero-order valence-electron chi connectivity index (χ0n) is 12.1. The van der Waals surface area contributed by atoms with E-state index in [9.17, 15) is 4.39 Å². The first-order valence-corrected chi connectivity index (χ1v) is 7.98. The van der Waals surface area contributed by atoms with Crippen LogP contribution in [0.5, 0.6) is 0 Å². The number of hydrogen-bond donors (Lipinski definition) is 0. The van der Waals surface area contributed by atoms with Gasteiger partial charge in [0.1, 0.15) is 5.82 Å². The number of benzene rings is 1. The van der Waals surface area contributed by atoms with Crippen molar-refractivity contribution in [3.05, 3.63) is 54.2 Å². The molecule has 0 spiro atoms. The van der Waals surface area contributed by atoms with Crippen molar-refractivity contribution in [1.29, 1.82) is 0 Å². The van der Waals surface area contributed by atoms with Gasteiger partial charge >= 0.3 is 0 Å². The van der Waals surface area contributed by atoms with Crippen LogP contribution in [-0.2, 0) is 12.2 Å². The van der Waals surface area contributed by atoms with Crippen molar-refractivity contribution < 1.29 is 8.91 Å². The van der Waals surface area contributed by atoms with Gasteiger partial charge in [0.15, 0.2) is 11.0 Å². The molecular weight excluding hydrogens is 303 g/mol. The highest BCUT2D eigenvalue weighted by atomic mass is 32.2. The molecule has 0 saturated heterocycles. The zero-order valence-corrected chi connectivity index (χ0v) is 12.9. The van der Waals surface area contributed by atoms with E-state index < -0.39 is 0 Å². The second kappa shape index (κ2) is 6.74. The lowest BCUT2D eigenvalue weighted by Crippen LogP contribution is -1.96. The second-order valence-corrected chi connectivity index (χ2v) is 5.65. The van der Waals surface area contributed by atoms with Gasteiger partial charge in [0, 0.05) is 18.8 Å². The molecule has 0 amide bonds. The minimum atomic E-state index is -0.275. The normalized spacial score (nSPS) is 11.0. The molecule has 0 aliphatic heterocycles. The second-order valence-electron chi connectivity index (χ2n) is 4.70. The number of imidazole rings is 1. The molecule has 0 aliphatic rings. The highest BCUT2D eigenvalue weighted by Crippen LogP contribution is 2.23. The van der Waals surface area contributed by atoms with E-state index in [0.29, 0.717) is 11.6 Å². The SMILES string of the molecule is CCCc1noc(CSc2nccn2-c2cccc(F)c2)n1. The monoisotopic (exact) mass is 318 g/mol. The lowest BCUT2D eigenvalue weighted by atomic mass is 10.3. The van der Waals surface area contributed by atoms with Crippen molar-refractivity contribution in [1.82, 2.24) is 19.7 Å². The maximum absolute atomic E-state index is 13.3. The van der Waals surface area contributed by atoms with Crippen LogP contribution in [0.15, 0.2) is 46.3 Å². The molecule has 3 aromatic rings. The third-order valence-electron chi connectivity index (χ3n) is 3.00. The number of thioether (sulfide) groups is 1. The number of halogens is 1. The van der Waals surface area contributed by atoms with E-state index >= 15 is 0 Å². The molecule has 0 N–H and O–H groups in total. The zero-order chi connectivity index (χ0) is 15.4. The van der Waals surface area contributed by atoms with E-state index in [1.54, 1.807) is 18.5 Å². The van der Waals surface area contributed by atoms with Gasteiger partial charge in [-0.3, -0.25) is 4.57 Å². The fraction of sp³-hybridized carbons (Fsp3) is 0.267. The molecule has 22 heavy (non-hydrogen) atoms. The smallest absolute Gasteiger partial charge is 0.237 e. The molecule has 1 aromatic carbocycles. The van der Waals surface area contributed by atoms with Crippen molar-refractivity contribution in [3.63, 3.8) is 0 Å². The van der Waals surface area contributed by atoms with E-state index in [1.165, 1.54) is 23.9 Å². The van der Waals surface area contributed by atoms with Gasteiger partial charge in [-0.1, -0.05) is 29.9 Å². The molecule has 2 aromatic heterocycles. The van der Waals surface area contributed by atoms with Crippen LogP contribution < -0.4 is 0 Å². The fourth-order valence-corrected chi connectivity index (χ4v) is 2.83. The standard InChI is InChI=1S/C15H15FN4OS/c1-2-4-13-18-14(21-19-13)10-22-15-17-7-8-20(15)12-6-3-5-11(16)9-12/h3,5-9H,2,4,10H2,1H3. The number of aryl methyl sites for hydroxylation is 1. The Morgan fingerprint density at radius 3 is 3.09 bits per heavy atom. The van der Waals surface area contributed by atoms with Crippen LogP contribution in [-0.4, -0.2) is 19.7 Å². The van der Waals surface area contributed by atoms with Crippen molar-refractivity contribution in [2.75, 3.05) is 0 Å². The Hall–Kier alpha value is -2.15. The van der Waals surface area contributed by atoms with E-state index in [0.717, 1.165) is 29.5 Å². The van der Waals surface area contributed by atoms with Gasteiger partial charge in [-0.15, -0.1) is 0 Å². The Bertz CT molecular complexity index is 755. The topological polar surface area (TPSA) is 56.7 Å². The summed E-state index contributed by atoms with van der Waals surface area (Å²) in [4.78, 5) is 8.61. The van der Waals surface area contributed by atoms with E-state index in [4.69, 9.17) is 4.52 Å². The summed E-state index contributed by atoms with van der Waals surface area (Å²) in [6.45, 7) is 2.07. The van der Waals surface area contributed by atoms with Crippen LogP contribution in [0.25, 0.3) is 5.69 Å². The summed E-state index contributed by atoms with van der Waals surface area (Å²) in [7, 11) is 0. The highest BCUT2D eigenvalue weighted by Gasteiger charge is 2.10. The average Bonchev–Trinajstić information content (AvgIpc) is 3.14. The van der Waals surface area contributed by atoms with Gasteiger partial charge in [0.2, 0.25) is 5.89 Å². The summed E-state index contributed by atoms with van der Waals surface area (Å²) in [5.41, 5.74) is 0.734. The van der Waals surface area contributed by atoms with E-state index in [-0.39, 0.29) is 5.82 Å². The lowest BCUT2D eigenvalue weighted by molar-refractivity contribution is 0.384. The number of nitrogens with zero attached hydrogens (tertiary/aromatic N) is 4. The minimum absolute atomic E-state index is 0.275. The van der Waals surface area contributed by atoms with Crippen molar-refractivity contribution in [2.24, 2.45) is 0 Å². The van der Waals surface area contributed by atoms with Crippen molar-refractivity contribution in [3.8, 4) is 5.69 Å². The first-order chi connectivity index (χ1) is 10.8. The van der Waals surface area contributed by atoms with E-state index in [2.05, 4.69) is 22.0 Å². The van der Waals surface area contributed by atoms with Crippen LogP contribution >= 0.6 is 11.8 Å². The molecule has 0 unspecified atom stereocenters. The van der Waals surface area contributed by atoms with Gasteiger partial charge < -0.3 is 4.52 Å². The van der Waals surface area contributed by atoms with Gasteiger partial charge in [0.25, 0.3) is 0 Å². The summed E-state index contributed by atoms with van der Waals surface area (Å²) >= 11 is 1.47. The van der Waals surface area contributed by atoms with Crippen molar-refractivity contribution in [2.45, 2.75) is 30.7 Å². The number of hydrogen-bond acceptors (Lipinski definition) is 5. The molecule has 0 bridgehead atoms. The average molecular weight is 318 g/mol. The van der Waals surface area contributed by atoms with Crippen LogP contribution in [0.3, 0.4) is 0 Å². The minimum Gasteiger partial charge on any atom is -0.338 e. The van der Waals surface area contributed by atoms with Crippen LogP contribution in [0.2, 0.25) is 0 Å². The summed E-state index contributed by atoms with van der Waals surface area (Å²) in [6.07, 6.45) is 5.28. The van der Waals surface area contributed by atoms with Crippen LogP contribution in [0.4, 0.5) is 4.39 Å². The van der Waals surface area contributed by atoms with Gasteiger partial charge in [-0.2, -0.15) is 4.98 Å². The predicted molar refractivity (Wildman–Crippen MR) is 81.4 cm³/mol. The molecule has 0 atom stereocenters. The van der Waals surface area contributed by atoms with Crippen LogP contribution in [0, 0.1) is 5.82 Å². The molecular formula is C15H15FN4OS.